The number of hydrogen-bond donors (Lipinski definition) is 0. The summed E-state index contributed by atoms with van der Waals surface area (Å²) < 4.78 is 0. The average molecular weight is 131 g/mol. The maximum absolute atomic E-state index is 5.29. The van der Waals surface area contributed by atoms with Crippen LogP contribution in [-0.4, -0.2) is 28.9 Å². The number of hydrogen-bond acceptors (Lipinski definition) is 0. The van der Waals surface area contributed by atoms with E-state index in [4.69, 9.17) is 11.6 Å². The van der Waals surface area contributed by atoms with Crippen LogP contribution in [-0.2, 0) is 0 Å². The lowest BCUT2D eigenvalue weighted by atomic mass is 10.4. The minimum atomic E-state index is 0. The minimum absolute atomic E-state index is 0. The van der Waals surface area contributed by atoms with Crippen molar-refractivity contribution in [3.05, 3.63) is 12.2 Å². The van der Waals surface area contributed by atoms with E-state index in [9.17, 15) is 0 Å². The topological polar surface area (TPSA) is 0 Å². The zero-order valence-corrected chi connectivity index (χ0v) is 4.70. The Morgan fingerprint density at radius 2 is 2.00 bits per heavy atom. The van der Waals surface area contributed by atoms with Crippen LogP contribution in [0.2, 0.25) is 0 Å². The lowest BCUT2D eigenvalue weighted by Crippen LogP contribution is -1.56. The molecule has 0 aliphatic rings. The largest absolute Gasteiger partial charge is 0.316 e. The maximum Gasteiger partial charge on any atom is 0.316 e. The highest BCUT2D eigenvalue weighted by atomic mass is 35.5. The monoisotopic (exact) mass is 130 g/mol. The molecule has 0 aromatic heterocycles. The molecule has 7 heavy (non-hydrogen) atoms. The number of rotatable bonds is 2. The Morgan fingerprint density at radius 1 is 1.43 bits per heavy atom. The second-order valence-electron chi connectivity index (χ2n) is 1.03. The predicted molar refractivity (Wildman–Crippen MR) is 38.7 cm³/mol. The first-order valence-corrected chi connectivity index (χ1v) is 2.66. The van der Waals surface area contributed by atoms with Crippen molar-refractivity contribution in [2.75, 3.05) is 5.88 Å². The molecular weight excluding hydrogens is 120 g/mol. The Kier molecular flexibility index (Phi) is 15.2. The van der Waals surface area contributed by atoms with E-state index in [1.165, 1.54) is 0 Å². The van der Waals surface area contributed by atoms with E-state index in [0.717, 1.165) is 6.42 Å². The number of allylic oxidation sites excluding steroid dienone is 2. The zero-order valence-electron chi connectivity index (χ0n) is 3.95. The molecule has 0 aliphatic carbocycles. The maximum atomic E-state index is 5.29. The van der Waals surface area contributed by atoms with Gasteiger partial charge in [0, 0.05) is 5.88 Å². The van der Waals surface area contributed by atoms with Gasteiger partial charge < -0.3 is 0 Å². The zero-order chi connectivity index (χ0) is 4.83. The molecule has 0 amide bonds. The van der Waals surface area contributed by atoms with Gasteiger partial charge in [-0.2, -0.15) is 0 Å². The summed E-state index contributed by atoms with van der Waals surface area (Å²) in [5, 5.41) is 0. The molecule has 0 heterocycles. The van der Waals surface area contributed by atoms with Gasteiger partial charge in [-0.15, -0.1) is 11.6 Å². The van der Waals surface area contributed by atoms with E-state index in [1.807, 2.05) is 12.2 Å². The van der Waals surface area contributed by atoms with Crippen LogP contribution in [0.4, 0.5) is 0 Å². The van der Waals surface area contributed by atoms with Crippen molar-refractivity contribution in [2.45, 2.75) is 13.3 Å². The number of alkyl halides is 1. The predicted octanol–water partition coefficient (Wildman–Crippen LogP) is 1.28. The van der Waals surface area contributed by atoms with E-state index >= 15 is 0 Å². The molecule has 40 valence electrons. The third-order valence-electron chi connectivity index (χ3n) is 0.491. The molecule has 0 radical (unpaired) electrons. The fourth-order valence-corrected chi connectivity index (χ4v) is 0.356. The molecule has 2 heteroatoms. The molecular formula is C5H11ClMg. The van der Waals surface area contributed by atoms with Gasteiger partial charge in [-0.05, 0) is 6.42 Å². The molecule has 0 aromatic carbocycles. The third-order valence-corrected chi connectivity index (χ3v) is 0.670. The Hall–Kier alpha value is 0.796. The Bertz CT molecular complexity index is 37.3. The van der Waals surface area contributed by atoms with Gasteiger partial charge in [-0.3, -0.25) is 0 Å². The van der Waals surface area contributed by atoms with Gasteiger partial charge in [0.25, 0.3) is 0 Å². The first-order chi connectivity index (χ1) is 2.91. The highest BCUT2D eigenvalue weighted by molar-refractivity contribution is 6.18. The Balaban J connectivity index is 0. The van der Waals surface area contributed by atoms with E-state index in [1.54, 1.807) is 0 Å². The van der Waals surface area contributed by atoms with Crippen LogP contribution in [0.5, 0.6) is 0 Å². The van der Waals surface area contributed by atoms with Gasteiger partial charge in [0.15, 0.2) is 0 Å². The average Bonchev–Trinajstić information content (AvgIpc) is 1.61. The smallest absolute Gasteiger partial charge is 0.122 e. The summed E-state index contributed by atoms with van der Waals surface area (Å²) in [4.78, 5) is 0. The summed E-state index contributed by atoms with van der Waals surface area (Å²) in [6.45, 7) is 2.09. The van der Waals surface area contributed by atoms with Crippen LogP contribution in [0.25, 0.3) is 0 Å². The first-order valence-electron chi connectivity index (χ1n) is 2.12. The van der Waals surface area contributed by atoms with Crippen LogP contribution in [0.15, 0.2) is 12.2 Å². The lowest BCUT2D eigenvalue weighted by molar-refractivity contribution is 1.22. The summed E-state index contributed by atoms with van der Waals surface area (Å²) in [5.74, 6) is 0.647. The standard InChI is InChI=1S/C5H9Cl.Mg.2H/c1-2-3-4-5-6;;;/h3-4H,2,5H2,1H3;;;/b4-3+;;;. The summed E-state index contributed by atoms with van der Waals surface area (Å²) in [7, 11) is 0. The molecule has 0 saturated heterocycles. The molecule has 0 atom stereocenters. The van der Waals surface area contributed by atoms with Crippen LogP contribution in [0.3, 0.4) is 0 Å². The van der Waals surface area contributed by atoms with Crippen molar-refractivity contribution >= 4 is 34.7 Å². The molecule has 0 N–H and O–H groups in total. The van der Waals surface area contributed by atoms with E-state index < -0.39 is 0 Å². The van der Waals surface area contributed by atoms with Gasteiger partial charge in [0.1, 0.15) is 0 Å². The molecule has 0 spiro atoms. The molecule has 0 bridgehead atoms. The third kappa shape index (κ3) is 10.8. The highest BCUT2D eigenvalue weighted by Gasteiger charge is 1.61. The Labute approximate surface area is 66.1 Å². The second kappa shape index (κ2) is 9.93. The number of halogens is 1. The summed E-state index contributed by atoms with van der Waals surface area (Å²) in [5.41, 5.74) is 0. The van der Waals surface area contributed by atoms with Crippen molar-refractivity contribution in [3.8, 4) is 0 Å². The van der Waals surface area contributed by atoms with E-state index in [2.05, 4.69) is 6.92 Å². The molecule has 0 fully saturated rings. The van der Waals surface area contributed by atoms with Gasteiger partial charge in [0.05, 0.1) is 0 Å². The van der Waals surface area contributed by atoms with Crippen molar-refractivity contribution in [1.29, 1.82) is 0 Å². The van der Waals surface area contributed by atoms with Gasteiger partial charge in [0.2, 0.25) is 0 Å². The Morgan fingerprint density at radius 3 is 2.14 bits per heavy atom. The molecule has 0 aromatic rings. The SMILES string of the molecule is CC/C=C/CCl.[MgH2]. The molecule has 0 rings (SSSR count). The normalized spacial score (nSPS) is 8.86. The molecule has 0 aliphatic heterocycles. The molecule has 0 unspecified atom stereocenters. The van der Waals surface area contributed by atoms with Crippen molar-refractivity contribution in [2.24, 2.45) is 0 Å². The van der Waals surface area contributed by atoms with Crippen molar-refractivity contribution in [3.63, 3.8) is 0 Å². The lowest BCUT2D eigenvalue weighted by Gasteiger charge is -1.71. The molecule has 0 nitrogen and oxygen atoms in total. The second-order valence-corrected chi connectivity index (χ2v) is 1.34. The van der Waals surface area contributed by atoms with Gasteiger partial charge in [-0.25, -0.2) is 0 Å². The van der Waals surface area contributed by atoms with Crippen LogP contribution in [0, 0.1) is 0 Å². The van der Waals surface area contributed by atoms with Crippen molar-refractivity contribution in [1.82, 2.24) is 0 Å². The quantitative estimate of drug-likeness (QED) is 0.300. The van der Waals surface area contributed by atoms with E-state index in [0.29, 0.717) is 5.88 Å². The van der Waals surface area contributed by atoms with Crippen LogP contribution >= 0.6 is 11.6 Å². The summed E-state index contributed by atoms with van der Waals surface area (Å²) >= 11 is 5.29. The highest BCUT2D eigenvalue weighted by Crippen LogP contribution is 1.80. The van der Waals surface area contributed by atoms with Crippen molar-refractivity contribution < 1.29 is 0 Å². The fraction of sp³-hybridized carbons (Fsp3) is 0.600. The summed E-state index contributed by atoms with van der Waals surface area (Å²) in [6.07, 6.45) is 5.08. The van der Waals surface area contributed by atoms with Crippen LogP contribution in [0.1, 0.15) is 13.3 Å². The van der Waals surface area contributed by atoms with E-state index in [-0.39, 0.29) is 23.1 Å². The first kappa shape index (κ1) is 10.7. The van der Waals surface area contributed by atoms with Gasteiger partial charge in [-0.1, -0.05) is 19.1 Å². The van der Waals surface area contributed by atoms with Gasteiger partial charge >= 0.3 is 23.1 Å². The molecule has 0 saturated carbocycles. The summed E-state index contributed by atoms with van der Waals surface area (Å²) in [6, 6.07) is 0. The van der Waals surface area contributed by atoms with Crippen LogP contribution < -0.4 is 0 Å². The minimum Gasteiger partial charge on any atom is -0.122 e. The fourth-order valence-electron chi connectivity index (χ4n) is 0.230.